The fraction of sp³-hybridized carbons (Fsp3) is 0.867. The molecule has 2 atom stereocenters. The van der Waals surface area contributed by atoms with Crippen LogP contribution < -0.4 is 5.32 Å². The highest BCUT2D eigenvalue weighted by Crippen LogP contribution is 2.38. The number of nitrogens with one attached hydrogen (secondary N) is 1. The molecule has 1 saturated heterocycles. The molecule has 0 aromatic heterocycles. The predicted octanol–water partition coefficient (Wildman–Crippen LogP) is 1.89. The molecule has 2 aliphatic rings. The van der Waals surface area contributed by atoms with Crippen molar-refractivity contribution in [2.24, 2.45) is 11.3 Å². The summed E-state index contributed by atoms with van der Waals surface area (Å²) in [7, 11) is 0. The van der Waals surface area contributed by atoms with Gasteiger partial charge in [0.25, 0.3) is 0 Å². The fourth-order valence-corrected chi connectivity index (χ4v) is 3.25. The van der Waals surface area contributed by atoms with Crippen LogP contribution in [0.5, 0.6) is 0 Å². The Morgan fingerprint density at radius 3 is 2.45 bits per heavy atom. The SMILES string of the molecule is CSCCCN1C(=O)C(C(C)(C)C)NC(=O)C1C1CC1. The maximum absolute atomic E-state index is 12.8. The molecule has 1 heterocycles. The quantitative estimate of drug-likeness (QED) is 0.789. The lowest BCUT2D eigenvalue weighted by Gasteiger charge is -2.43. The van der Waals surface area contributed by atoms with Gasteiger partial charge in [0.1, 0.15) is 12.1 Å². The Balaban J connectivity index is 2.15. The zero-order chi connectivity index (χ0) is 14.9. The smallest absolute Gasteiger partial charge is 0.246 e. The van der Waals surface area contributed by atoms with Gasteiger partial charge in [0.05, 0.1) is 0 Å². The van der Waals surface area contributed by atoms with E-state index in [0.29, 0.717) is 12.5 Å². The minimum absolute atomic E-state index is 0.0520. The lowest BCUT2D eigenvalue weighted by Crippen LogP contribution is -2.67. The minimum atomic E-state index is -0.390. The summed E-state index contributed by atoms with van der Waals surface area (Å²) < 4.78 is 0. The molecule has 20 heavy (non-hydrogen) atoms. The Kier molecular flexibility index (Phi) is 4.67. The molecule has 4 nitrogen and oxygen atoms in total. The van der Waals surface area contributed by atoms with Gasteiger partial charge in [0, 0.05) is 6.54 Å². The van der Waals surface area contributed by atoms with Crippen molar-refractivity contribution in [3.63, 3.8) is 0 Å². The molecule has 114 valence electrons. The molecule has 0 aromatic rings. The Labute approximate surface area is 126 Å². The van der Waals surface area contributed by atoms with Gasteiger partial charge in [0.15, 0.2) is 0 Å². The molecule has 5 heteroatoms. The van der Waals surface area contributed by atoms with Crippen LogP contribution >= 0.6 is 11.8 Å². The first-order chi connectivity index (χ1) is 9.36. The Morgan fingerprint density at radius 2 is 1.95 bits per heavy atom. The van der Waals surface area contributed by atoms with E-state index in [1.807, 2.05) is 25.7 Å². The van der Waals surface area contributed by atoms with Gasteiger partial charge in [-0.2, -0.15) is 11.8 Å². The van der Waals surface area contributed by atoms with E-state index in [-0.39, 0.29) is 29.3 Å². The van der Waals surface area contributed by atoms with Crippen LogP contribution in [0, 0.1) is 11.3 Å². The molecule has 2 rings (SSSR count). The standard InChI is InChI=1S/C15H26N2O2S/c1-15(2,3)12-14(19)17(8-5-9-20-4)11(10-6-7-10)13(18)16-12/h10-12H,5-9H2,1-4H3,(H,16,18). The minimum Gasteiger partial charge on any atom is -0.342 e. The van der Waals surface area contributed by atoms with E-state index >= 15 is 0 Å². The summed E-state index contributed by atoms with van der Waals surface area (Å²) in [6.07, 6.45) is 5.18. The van der Waals surface area contributed by atoms with Crippen molar-refractivity contribution in [2.75, 3.05) is 18.6 Å². The molecule has 1 aliphatic heterocycles. The van der Waals surface area contributed by atoms with Crippen LogP contribution in [-0.4, -0.2) is 47.4 Å². The van der Waals surface area contributed by atoms with Crippen LogP contribution in [0.3, 0.4) is 0 Å². The zero-order valence-corrected chi connectivity index (χ0v) is 13.8. The molecule has 2 amide bonds. The fourth-order valence-electron chi connectivity index (χ4n) is 2.83. The second kappa shape index (κ2) is 5.96. The number of nitrogens with zero attached hydrogens (tertiary/aromatic N) is 1. The van der Waals surface area contributed by atoms with Crippen LogP contribution in [0.15, 0.2) is 0 Å². The number of carbonyl (C=O) groups is 2. The first kappa shape index (κ1) is 15.7. The lowest BCUT2D eigenvalue weighted by molar-refractivity contribution is -0.153. The second-order valence-electron chi connectivity index (χ2n) is 6.97. The molecule has 0 radical (unpaired) electrons. The molecular formula is C15H26N2O2S. The number of rotatable bonds is 5. The molecule has 1 N–H and O–H groups in total. The maximum Gasteiger partial charge on any atom is 0.246 e. The number of amides is 2. The molecule has 1 aliphatic carbocycles. The van der Waals surface area contributed by atoms with E-state index in [4.69, 9.17) is 0 Å². The van der Waals surface area contributed by atoms with E-state index in [2.05, 4.69) is 11.6 Å². The lowest BCUT2D eigenvalue weighted by atomic mass is 9.83. The summed E-state index contributed by atoms with van der Waals surface area (Å²) in [5.74, 6) is 1.57. The van der Waals surface area contributed by atoms with Crippen molar-refractivity contribution in [1.82, 2.24) is 10.2 Å². The number of piperazine rings is 1. The van der Waals surface area contributed by atoms with E-state index in [1.54, 1.807) is 11.8 Å². The largest absolute Gasteiger partial charge is 0.342 e. The summed E-state index contributed by atoms with van der Waals surface area (Å²) >= 11 is 1.79. The first-order valence-corrected chi connectivity index (χ1v) is 8.85. The summed E-state index contributed by atoms with van der Waals surface area (Å²) in [5.41, 5.74) is -0.237. The highest BCUT2D eigenvalue weighted by atomic mass is 32.2. The normalized spacial score (nSPS) is 27.7. The second-order valence-corrected chi connectivity index (χ2v) is 7.95. The van der Waals surface area contributed by atoms with Crippen molar-refractivity contribution in [2.45, 2.75) is 52.1 Å². The molecule has 0 aromatic carbocycles. The third-order valence-corrected chi connectivity index (χ3v) is 4.80. The monoisotopic (exact) mass is 298 g/mol. The summed E-state index contributed by atoms with van der Waals surface area (Å²) in [6, 6.07) is -0.609. The van der Waals surface area contributed by atoms with Crippen molar-refractivity contribution in [1.29, 1.82) is 0 Å². The van der Waals surface area contributed by atoms with E-state index in [1.165, 1.54) is 0 Å². The van der Waals surface area contributed by atoms with Crippen molar-refractivity contribution >= 4 is 23.6 Å². The van der Waals surface area contributed by atoms with Crippen molar-refractivity contribution in [3.8, 4) is 0 Å². The predicted molar refractivity (Wildman–Crippen MR) is 82.6 cm³/mol. The van der Waals surface area contributed by atoms with Gasteiger partial charge >= 0.3 is 0 Å². The molecule has 0 spiro atoms. The van der Waals surface area contributed by atoms with Crippen LogP contribution in [-0.2, 0) is 9.59 Å². The third kappa shape index (κ3) is 3.30. The van der Waals surface area contributed by atoms with Gasteiger partial charge in [0.2, 0.25) is 11.8 Å². The molecule has 0 bridgehead atoms. The average molecular weight is 298 g/mol. The highest BCUT2D eigenvalue weighted by molar-refractivity contribution is 7.98. The van der Waals surface area contributed by atoms with Crippen molar-refractivity contribution in [3.05, 3.63) is 0 Å². The summed E-state index contributed by atoms with van der Waals surface area (Å²) in [4.78, 5) is 27.0. The van der Waals surface area contributed by atoms with Crippen molar-refractivity contribution < 1.29 is 9.59 Å². The van der Waals surface area contributed by atoms with Gasteiger partial charge in [-0.05, 0) is 42.6 Å². The Morgan fingerprint density at radius 1 is 1.30 bits per heavy atom. The van der Waals surface area contributed by atoms with Crippen LogP contribution in [0.1, 0.15) is 40.0 Å². The number of thioether (sulfide) groups is 1. The molecule has 2 unspecified atom stereocenters. The maximum atomic E-state index is 12.8. The van der Waals surface area contributed by atoms with Gasteiger partial charge < -0.3 is 10.2 Å². The Hall–Kier alpha value is -0.710. The van der Waals surface area contributed by atoms with Gasteiger partial charge in [-0.1, -0.05) is 20.8 Å². The van der Waals surface area contributed by atoms with Crippen LogP contribution in [0.25, 0.3) is 0 Å². The van der Waals surface area contributed by atoms with E-state index < -0.39 is 0 Å². The summed E-state index contributed by atoms with van der Waals surface area (Å²) in [6.45, 7) is 6.73. The highest BCUT2D eigenvalue weighted by Gasteiger charge is 2.50. The number of hydrogen-bond acceptors (Lipinski definition) is 3. The number of hydrogen-bond donors (Lipinski definition) is 1. The molecule has 1 saturated carbocycles. The van der Waals surface area contributed by atoms with Gasteiger partial charge in [-0.25, -0.2) is 0 Å². The zero-order valence-electron chi connectivity index (χ0n) is 12.9. The average Bonchev–Trinajstić information content (AvgIpc) is 3.16. The van der Waals surface area contributed by atoms with Crippen LogP contribution in [0.4, 0.5) is 0 Å². The number of carbonyl (C=O) groups excluding carboxylic acids is 2. The van der Waals surface area contributed by atoms with Crippen LogP contribution in [0.2, 0.25) is 0 Å². The van der Waals surface area contributed by atoms with Gasteiger partial charge in [-0.15, -0.1) is 0 Å². The van der Waals surface area contributed by atoms with E-state index in [9.17, 15) is 9.59 Å². The summed E-state index contributed by atoms with van der Waals surface area (Å²) in [5, 5.41) is 2.96. The topological polar surface area (TPSA) is 49.4 Å². The first-order valence-electron chi connectivity index (χ1n) is 7.46. The Bertz CT molecular complexity index is 388. The van der Waals surface area contributed by atoms with Gasteiger partial charge in [-0.3, -0.25) is 9.59 Å². The van der Waals surface area contributed by atoms with E-state index in [0.717, 1.165) is 25.0 Å². The third-order valence-electron chi connectivity index (χ3n) is 4.10. The molecular weight excluding hydrogens is 272 g/mol. The molecule has 2 fully saturated rings.